The van der Waals surface area contributed by atoms with Gasteiger partial charge >= 0.3 is 0 Å². The summed E-state index contributed by atoms with van der Waals surface area (Å²) in [5.74, 6) is -0.0545. The van der Waals surface area contributed by atoms with Gasteiger partial charge in [0.25, 0.3) is 5.91 Å². The molecule has 1 aromatic rings. The highest BCUT2D eigenvalue weighted by Gasteiger charge is 2.07. The Hall–Kier alpha value is -2.11. The fraction of sp³-hybridized carbons (Fsp3) is 0.417. The van der Waals surface area contributed by atoms with Crippen molar-refractivity contribution in [1.29, 1.82) is 0 Å². The first-order valence-corrected chi connectivity index (χ1v) is 5.78. The van der Waals surface area contributed by atoms with Crippen LogP contribution in [0.2, 0.25) is 0 Å². The zero-order chi connectivity index (χ0) is 13.5. The number of pyridine rings is 1. The third kappa shape index (κ3) is 4.82. The predicted molar refractivity (Wildman–Crippen MR) is 68.9 cm³/mol. The van der Waals surface area contributed by atoms with Crippen LogP contribution >= 0.6 is 0 Å². The molecule has 0 aromatic carbocycles. The summed E-state index contributed by atoms with van der Waals surface area (Å²) in [6, 6.07) is 3.16. The van der Waals surface area contributed by atoms with Crippen LogP contribution in [0.1, 0.15) is 30.6 Å². The molecule has 0 spiro atoms. The van der Waals surface area contributed by atoms with Gasteiger partial charge in [-0.15, -0.1) is 0 Å². The number of nitrogens with two attached hydrogens (primary N) is 1. The molecule has 4 N–H and O–H groups in total. The third-order valence-electron chi connectivity index (χ3n) is 2.13. The van der Waals surface area contributed by atoms with Crippen molar-refractivity contribution in [3.8, 4) is 0 Å². The lowest BCUT2D eigenvalue weighted by Gasteiger charge is -2.09. The average Bonchev–Trinajstić information content (AvgIpc) is 2.27. The Morgan fingerprint density at radius 1 is 1.44 bits per heavy atom. The van der Waals surface area contributed by atoms with Gasteiger partial charge in [0.2, 0.25) is 5.91 Å². The zero-order valence-electron chi connectivity index (χ0n) is 10.6. The van der Waals surface area contributed by atoms with Gasteiger partial charge in [-0.05, 0) is 26.0 Å². The summed E-state index contributed by atoms with van der Waals surface area (Å²) in [5, 5.41) is 5.39. The van der Waals surface area contributed by atoms with E-state index in [-0.39, 0.29) is 24.3 Å². The largest absolute Gasteiger partial charge is 0.384 e. The first-order chi connectivity index (χ1) is 8.49. The number of nitrogens with zero attached hydrogens (tertiary/aromatic N) is 1. The van der Waals surface area contributed by atoms with Gasteiger partial charge < -0.3 is 16.4 Å². The summed E-state index contributed by atoms with van der Waals surface area (Å²) in [6.45, 7) is 4.06. The topological polar surface area (TPSA) is 97.1 Å². The summed E-state index contributed by atoms with van der Waals surface area (Å²) >= 11 is 0. The molecule has 1 rings (SSSR count). The van der Waals surface area contributed by atoms with Gasteiger partial charge in [-0.25, -0.2) is 4.98 Å². The number of hydrogen-bond acceptors (Lipinski definition) is 4. The van der Waals surface area contributed by atoms with E-state index < -0.39 is 0 Å². The second-order valence-corrected chi connectivity index (χ2v) is 4.20. The lowest BCUT2D eigenvalue weighted by molar-refractivity contribution is -0.121. The minimum Gasteiger partial charge on any atom is -0.384 e. The number of hydrogen-bond donors (Lipinski definition) is 3. The van der Waals surface area contributed by atoms with E-state index in [0.29, 0.717) is 17.9 Å². The summed E-state index contributed by atoms with van der Waals surface area (Å²) in [4.78, 5) is 26.8. The van der Waals surface area contributed by atoms with Gasteiger partial charge in [0.15, 0.2) is 0 Å². The van der Waals surface area contributed by atoms with Crippen LogP contribution in [0.4, 0.5) is 5.82 Å². The van der Waals surface area contributed by atoms with Crippen molar-refractivity contribution in [2.24, 2.45) is 0 Å². The monoisotopic (exact) mass is 250 g/mol. The normalized spacial score (nSPS) is 10.2. The highest BCUT2D eigenvalue weighted by molar-refractivity contribution is 5.94. The van der Waals surface area contributed by atoms with Crippen LogP contribution in [-0.2, 0) is 4.79 Å². The van der Waals surface area contributed by atoms with E-state index in [2.05, 4.69) is 15.6 Å². The third-order valence-corrected chi connectivity index (χ3v) is 2.13. The number of nitrogens with one attached hydrogen (secondary N) is 2. The minimum atomic E-state index is -0.263. The highest BCUT2D eigenvalue weighted by atomic mass is 16.2. The fourth-order valence-electron chi connectivity index (χ4n) is 1.38. The molecule has 0 saturated carbocycles. The number of nitrogen functional groups attached to an aromatic ring is 1. The van der Waals surface area contributed by atoms with E-state index in [1.54, 1.807) is 6.07 Å². The fourth-order valence-corrected chi connectivity index (χ4v) is 1.38. The van der Waals surface area contributed by atoms with Crippen molar-refractivity contribution in [2.45, 2.75) is 26.3 Å². The second-order valence-electron chi connectivity index (χ2n) is 4.20. The molecule has 0 aliphatic carbocycles. The van der Waals surface area contributed by atoms with Crippen LogP contribution in [0.5, 0.6) is 0 Å². The van der Waals surface area contributed by atoms with Crippen molar-refractivity contribution in [1.82, 2.24) is 15.6 Å². The quantitative estimate of drug-likeness (QED) is 0.700. The standard InChI is InChI=1S/C12H18N4O2/c1-8(2)16-11(17)4-6-15-12(18)9-3-5-14-10(13)7-9/h3,5,7-8H,4,6H2,1-2H3,(H2,13,14)(H,15,18)(H,16,17). The maximum Gasteiger partial charge on any atom is 0.251 e. The Morgan fingerprint density at radius 2 is 2.17 bits per heavy atom. The van der Waals surface area contributed by atoms with E-state index in [0.717, 1.165) is 0 Å². The van der Waals surface area contributed by atoms with E-state index in [1.807, 2.05) is 13.8 Å². The molecule has 1 heterocycles. The summed E-state index contributed by atoms with van der Waals surface area (Å²) in [6.07, 6.45) is 1.72. The van der Waals surface area contributed by atoms with Gasteiger partial charge in [-0.1, -0.05) is 0 Å². The number of rotatable bonds is 5. The smallest absolute Gasteiger partial charge is 0.251 e. The average molecular weight is 250 g/mol. The van der Waals surface area contributed by atoms with Crippen LogP contribution in [0.15, 0.2) is 18.3 Å². The molecule has 0 aliphatic rings. The molecule has 98 valence electrons. The molecule has 0 aliphatic heterocycles. The molecule has 18 heavy (non-hydrogen) atoms. The molecule has 0 saturated heterocycles. The second kappa shape index (κ2) is 6.58. The lowest BCUT2D eigenvalue weighted by Crippen LogP contribution is -2.34. The molecule has 2 amide bonds. The number of carbonyl (C=O) groups is 2. The van der Waals surface area contributed by atoms with E-state index in [4.69, 9.17) is 5.73 Å². The van der Waals surface area contributed by atoms with E-state index >= 15 is 0 Å². The van der Waals surface area contributed by atoms with Crippen molar-refractivity contribution in [2.75, 3.05) is 12.3 Å². The van der Waals surface area contributed by atoms with Crippen LogP contribution in [0, 0.1) is 0 Å². The minimum absolute atomic E-state index is 0.0838. The van der Waals surface area contributed by atoms with Gasteiger partial charge in [0.1, 0.15) is 5.82 Å². The predicted octanol–water partition coefficient (Wildman–Crippen LogP) is 0.308. The number of carbonyl (C=O) groups excluding carboxylic acids is 2. The molecule has 0 unspecified atom stereocenters. The van der Waals surface area contributed by atoms with Gasteiger partial charge in [0.05, 0.1) is 0 Å². The molecule has 0 radical (unpaired) electrons. The van der Waals surface area contributed by atoms with Crippen molar-refractivity contribution >= 4 is 17.6 Å². The molecular weight excluding hydrogens is 232 g/mol. The molecule has 0 bridgehead atoms. The van der Waals surface area contributed by atoms with E-state index in [1.165, 1.54) is 12.3 Å². The zero-order valence-corrected chi connectivity index (χ0v) is 10.6. The molecule has 0 fully saturated rings. The Balaban J connectivity index is 2.36. The number of anilines is 1. The van der Waals surface area contributed by atoms with Crippen LogP contribution in [0.25, 0.3) is 0 Å². The summed E-state index contributed by atoms with van der Waals surface area (Å²) < 4.78 is 0. The maximum absolute atomic E-state index is 11.7. The Bertz CT molecular complexity index is 432. The van der Waals surface area contributed by atoms with Crippen LogP contribution < -0.4 is 16.4 Å². The summed E-state index contributed by atoms with van der Waals surface area (Å²) in [5.41, 5.74) is 5.91. The maximum atomic E-state index is 11.7. The highest BCUT2D eigenvalue weighted by Crippen LogP contribution is 2.02. The van der Waals surface area contributed by atoms with Crippen molar-refractivity contribution in [3.63, 3.8) is 0 Å². The molecule has 6 nitrogen and oxygen atoms in total. The first-order valence-electron chi connectivity index (χ1n) is 5.78. The molecule has 1 aromatic heterocycles. The molecule has 0 atom stereocenters. The summed E-state index contributed by atoms with van der Waals surface area (Å²) in [7, 11) is 0. The van der Waals surface area contributed by atoms with Gasteiger partial charge in [-0.3, -0.25) is 9.59 Å². The Labute approximate surface area is 106 Å². The van der Waals surface area contributed by atoms with Gasteiger partial charge in [-0.2, -0.15) is 0 Å². The Morgan fingerprint density at radius 3 is 2.78 bits per heavy atom. The van der Waals surface area contributed by atoms with E-state index in [9.17, 15) is 9.59 Å². The van der Waals surface area contributed by atoms with Gasteiger partial charge in [0, 0.05) is 30.8 Å². The molecular formula is C12H18N4O2. The van der Waals surface area contributed by atoms with Crippen LogP contribution in [-0.4, -0.2) is 29.4 Å². The number of amides is 2. The number of aromatic nitrogens is 1. The Kier molecular flexibility index (Phi) is 5.10. The SMILES string of the molecule is CC(C)NC(=O)CCNC(=O)c1ccnc(N)c1. The molecule has 6 heteroatoms. The van der Waals surface area contributed by atoms with Crippen LogP contribution in [0.3, 0.4) is 0 Å². The van der Waals surface area contributed by atoms with Crippen molar-refractivity contribution < 1.29 is 9.59 Å². The first kappa shape index (κ1) is 14.0. The lowest BCUT2D eigenvalue weighted by atomic mass is 10.2. The van der Waals surface area contributed by atoms with Crippen molar-refractivity contribution in [3.05, 3.63) is 23.9 Å².